The summed E-state index contributed by atoms with van der Waals surface area (Å²) in [5.74, 6) is 2.69. The second kappa shape index (κ2) is 7.62. The molecule has 5 heteroatoms. The third-order valence-corrected chi connectivity index (χ3v) is 5.15. The van der Waals surface area contributed by atoms with Crippen LogP contribution >= 0.6 is 11.3 Å². The Kier molecular flexibility index (Phi) is 4.88. The summed E-state index contributed by atoms with van der Waals surface area (Å²) < 4.78 is 13.4. The van der Waals surface area contributed by atoms with Crippen LogP contribution < -0.4 is 9.47 Å². The normalized spacial score (nSPS) is 11.0. The second-order valence-electron chi connectivity index (χ2n) is 5.95. The Bertz CT molecular complexity index is 992. The van der Waals surface area contributed by atoms with Gasteiger partial charge in [0.15, 0.2) is 0 Å². The summed E-state index contributed by atoms with van der Waals surface area (Å²) in [5, 5.41) is 2.11. The Morgan fingerprint density at radius 3 is 2.73 bits per heavy atom. The van der Waals surface area contributed by atoms with Gasteiger partial charge in [0.2, 0.25) is 0 Å². The van der Waals surface area contributed by atoms with Gasteiger partial charge in [-0.15, -0.1) is 11.3 Å². The Hall–Kier alpha value is -2.79. The largest absolute Gasteiger partial charge is 0.497 e. The molecule has 0 N–H and O–H groups in total. The molecule has 0 unspecified atom stereocenters. The first-order valence-corrected chi connectivity index (χ1v) is 9.45. The number of hydrogen-bond acceptors (Lipinski definition) is 4. The number of methoxy groups -OCH3 is 1. The summed E-state index contributed by atoms with van der Waals surface area (Å²) in [5.41, 5.74) is 2.17. The van der Waals surface area contributed by atoms with Gasteiger partial charge >= 0.3 is 0 Å². The Morgan fingerprint density at radius 1 is 1.00 bits per heavy atom. The quantitative estimate of drug-likeness (QED) is 0.474. The van der Waals surface area contributed by atoms with Crippen molar-refractivity contribution in [2.24, 2.45) is 0 Å². The molecule has 0 fully saturated rings. The first-order chi connectivity index (χ1) is 12.8. The van der Waals surface area contributed by atoms with Crippen LogP contribution in [-0.2, 0) is 13.0 Å². The van der Waals surface area contributed by atoms with E-state index in [4.69, 9.17) is 14.5 Å². The van der Waals surface area contributed by atoms with Crippen molar-refractivity contribution in [1.29, 1.82) is 0 Å². The Labute approximate surface area is 156 Å². The fourth-order valence-corrected chi connectivity index (χ4v) is 3.73. The lowest BCUT2D eigenvalue weighted by Crippen LogP contribution is -2.11. The highest BCUT2D eigenvalue weighted by Crippen LogP contribution is 2.22. The van der Waals surface area contributed by atoms with Crippen molar-refractivity contribution < 1.29 is 9.47 Å². The number of para-hydroxylation sites is 2. The standard InChI is InChI=1S/C21H20N2O2S/c1-24-16-6-4-7-17(14-16)25-12-11-23-20-10-3-2-9-19(20)22-21(23)15-18-8-5-13-26-18/h2-10,13-14H,11-12,15H2,1H3. The molecule has 4 rings (SSSR count). The smallest absolute Gasteiger partial charge is 0.123 e. The molecule has 0 radical (unpaired) electrons. The van der Waals surface area contributed by atoms with E-state index >= 15 is 0 Å². The van der Waals surface area contributed by atoms with E-state index in [2.05, 4.69) is 40.3 Å². The van der Waals surface area contributed by atoms with Crippen molar-refractivity contribution >= 4 is 22.4 Å². The zero-order chi connectivity index (χ0) is 17.8. The first-order valence-electron chi connectivity index (χ1n) is 8.57. The molecule has 0 saturated heterocycles. The number of imidazole rings is 1. The van der Waals surface area contributed by atoms with Crippen LogP contribution in [0.3, 0.4) is 0 Å². The summed E-state index contributed by atoms with van der Waals surface area (Å²) in [7, 11) is 1.66. The number of ether oxygens (including phenoxy) is 2. The van der Waals surface area contributed by atoms with Gasteiger partial charge in [0.05, 0.1) is 24.7 Å². The van der Waals surface area contributed by atoms with Crippen molar-refractivity contribution in [3.8, 4) is 11.5 Å². The lowest BCUT2D eigenvalue weighted by Gasteiger charge is -2.11. The van der Waals surface area contributed by atoms with Gasteiger partial charge in [-0.05, 0) is 35.7 Å². The highest BCUT2D eigenvalue weighted by atomic mass is 32.1. The third kappa shape index (κ3) is 3.58. The number of thiophene rings is 1. The van der Waals surface area contributed by atoms with E-state index in [9.17, 15) is 0 Å². The molecule has 2 aromatic heterocycles. The fourth-order valence-electron chi connectivity index (χ4n) is 3.02. The predicted molar refractivity (Wildman–Crippen MR) is 105 cm³/mol. The van der Waals surface area contributed by atoms with Crippen LogP contribution in [0.25, 0.3) is 11.0 Å². The molecule has 2 aromatic carbocycles. The van der Waals surface area contributed by atoms with Crippen LogP contribution in [0, 0.1) is 0 Å². The minimum atomic E-state index is 0.574. The molecule has 0 bridgehead atoms. The molecule has 0 spiro atoms. The molecule has 0 aliphatic heterocycles. The maximum atomic E-state index is 5.93. The lowest BCUT2D eigenvalue weighted by atomic mass is 10.3. The van der Waals surface area contributed by atoms with Crippen LogP contribution in [0.5, 0.6) is 11.5 Å². The molecular formula is C21H20N2O2S. The highest BCUT2D eigenvalue weighted by Gasteiger charge is 2.11. The van der Waals surface area contributed by atoms with Crippen molar-refractivity contribution in [3.05, 3.63) is 76.7 Å². The molecule has 4 nitrogen and oxygen atoms in total. The van der Waals surface area contributed by atoms with Gasteiger partial charge in [0, 0.05) is 17.4 Å². The molecule has 0 atom stereocenters. The van der Waals surface area contributed by atoms with Crippen molar-refractivity contribution in [1.82, 2.24) is 9.55 Å². The number of nitrogens with zero attached hydrogens (tertiary/aromatic N) is 2. The summed E-state index contributed by atoms with van der Waals surface area (Å²) in [6.07, 6.45) is 0.839. The molecule has 4 aromatic rings. The molecule has 0 saturated carbocycles. The predicted octanol–water partition coefficient (Wildman–Crippen LogP) is 4.78. The maximum absolute atomic E-state index is 5.93. The number of rotatable bonds is 7. The topological polar surface area (TPSA) is 36.3 Å². The maximum Gasteiger partial charge on any atom is 0.123 e. The Balaban J connectivity index is 1.54. The van der Waals surface area contributed by atoms with Crippen LogP contribution in [0.15, 0.2) is 66.0 Å². The van der Waals surface area contributed by atoms with E-state index < -0.39 is 0 Å². The molecule has 132 valence electrons. The van der Waals surface area contributed by atoms with E-state index in [0.717, 1.165) is 41.3 Å². The number of fused-ring (bicyclic) bond motifs is 1. The SMILES string of the molecule is COc1cccc(OCCn2c(Cc3cccs3)nc3ccccc32)c1. The Morgan fingerprint density at radius 2 is 1.88 bits per heavy atom. The first kappa shape index (κ1) is 16.7. The van der Waals surface area contributed by atoms with Crippen molar-refractivity contribution in [2.75, 3.05) is 13.7 Å². The average Bonchev–Trinajstić information content (AvgIpc) is 3.30. The van der Waals surface area contributed by atoms with Crippen molar-refractivity contribution in [3.63, 3.8) is 0 Å². The van der Waals surface area contributed by atoms with Gasteiger partial charge in [-0.3, -0.25) is 0 Å². The molecule has 2 heterocycles. The second-order valence-corrected chi connectivity index (χ2v) is 6.98. The van der Waals surface area contributed by atoms with Crippen LogP contribution in [-0.4, -0.2) is 23.3 Å². The van der Waals surface area contributed by atoms with E-state index in [1.54, 1.807) is 18.4 Å². The fraction of sp³-hybridized carbons (Fsp3) is 0.190. The van der Waals surface area contributed by atoms with Crippen molar-refractivity contribution in [2.45, 2.75) is 13.0 Å². The van der Waals surface area contributed by atoms with E-state index in [-0.39, 0.29) is 0 Å². The molecule has 26 heavy (non-hydrogen) atoms. The van der Waals surface area contributed by atoms with Crippen LogP contribution in [0.4, 0.5) is 0 Å². The minimum Gasteiger partial charge on any atom is -0.497 e. The number of aromatic nitrogens is 2. The van der Waals surface area contributed by atoms with Gasteiger partial charge in [-0.25, -0.2) is 4.98 Å². The van der Waals surface area contributed by atoms with Crippen LogP contribution in [0.2, 0.25) is 0 Å². The van der Waals surface area contributed by atoms with Gasteiger partial charge in [0.25, 0.3) is 0 Å². The number of hydrogen-bond donors (Lipinski definition) is 0. The summed E-state index contributed by atoms with van der Waals surface area (Å²) in [6, 6.07) is 20.2. The van der Waals surface area contributed by atoms with Gasteiger partial charge < -0.3 is 14.0 Å². The molecule has 0 amide bonds. The average molecular weight is 364 g/mol. The summed E-state index contributed by atoms with van der Waals surface area (Å²) >= 11 is 1.76. The van der Waals surface area contributed by atoms with Gasteiger partial charge in [0.1, 0.15) is 23.9 Å². The van der Waals surface area contributed by atoms with Gasteiger partial charge in [-0.1, -0.05) is 24.3 Å². The van der Waals surface area contributed by atoms with Crippen LogP contribution in [0.1, 0.15) is 10.7 Å². The summed E-state index contributed by atoms with van der Waals surface area (Å²) in [6.45, 7) is 1.32. The summed E-state index contributed by atoms with van der Waals surface area (Å²) in [4.78, 5) is 6.15. The molecular weight excluding hydrogens is 344 g/mol. The van der Waals surface area contributed by atoms with E-state index in [1.807, 2.05) is 30.3 Å². The van der Waals surface area contributed by atoms with E-state index in [1.165, 1.54) is 4.88 Å². The molecule has 0 aliphatic carbocycles. The zero-order valence-corrected chi connectivity index (χ0v) is 15.4. The third-order valence-electron chi connectivity index (χ3n) is 4.27. The highest BCUT2D eigenvalue weighted by molar-refractivity contribution is 7.09. The monoisotopic (exact) mass is 364 g/mol. The lowest BCUT2D eigenvalue weighted by molar-refractivity contribution is 0.296. The van der Waals surface area contributed by atoms with E-state index in [0.29, 0.717) is 6.61 Å². The minimum absolute atomic E-state index is 0.574. The van der Waals surface area contributed by atoms with Gasteiger partial charge in [-0.2, -0.15) is 0 Å². The zero-order valence-electron chi connectivity index (χ0n) is 14.6. The molecule has 0 aliphatic rings. The number of benzene rings is 2.